The molecule has 0 fully saturated rings. The molecule has 0 saturated carbocycles. The van der Waals surface area contributed by atoms with Crippen LogP contribution in [0.2, 0.25) is 0 Å². The van der Waals surface area contributed by atoms with Crippen LogP contribution in [0.15, 0.2) is 72.0 Å². The number of benzene rings is 3. The Labute approximate surface area is 161 Å². The number of hydrogen-bond donors (Lipinski definition) is 2. The predicted octanol–water partition coefficient (Wildman–Crippen LogP) is 3.90. The molecule has 0 unspecified atom stereocenters. The fourth-order valence-corrected chi connectivity index (χ4v) is 3.24. The molecule has 3 aromatic carbocycles. The van der Waals surface area contributed by atoms with Gasteiger partial charge in [-0.3, -0.25) is 4.79 Å². The van der Waals surface area contributed by atoms with Crippen LogP contribution < -0.4 is 5.43 Å². The Kier molecular flexibility index (Phi) is 4.53. The smallest absolute Gasteiger partial charge is 0.275 e. The number of aromatic hydroxyl groups is 1. The second-order valence-electron chi connectivity index (χ2n) is 6.35. The van der Waals surface area contributed by atoms with E-state index in [-0.39, 0.29) is 11.3 Å². The first kappa shape index (κ1) is 17.4. The Morgan fingerprint density at radius 1 is 1.14 bits per heavy atom. The lowest BCUT2D eigenvalue weighted by Crippen LogP contribution is -2.17. The standard InChI is InChI=1S/C23H17N3O2/c1-2-11-26-15-18(19-9-5-6-10-21(19)26)14-24-25-23(28)20-12-16-7-3-4-8-17(16)13-22(20)27/h1,3-10,12-15,27H,11H2,(H,25,28). The number of phenols is 1. The van der Waals surface area contributed by atoms with Gasteiger partial charge in [-0.25, -0.2) is 5.43 Å². The number of para-hydroxylation sites is 1. The Hall–Kier alpha value is -4.04. The van der Waals surface area contributed by atoms with Crippen LogP contribution in [0.1, 0.15) is 15.9 Å². The first-order valence-corrected chi connectivity index (χ1v) is 8.74. The highest BCUT2D eigenvalue weighted by molar-refractivity contribution is 6.03. The number of rotatable bonds is 4. The number of nitrogens with zero attached hydrogens (tertiary/aromatic N) is 2. The third-order valence-corrected chi connectivity index (χ3v) is 4.56. The molecule has 1 heterocycles. The molecule has 0 aliphatic heterocycles. The molecule has 2 N–H and O–H groups in total. The van der Waals surface area contributed by atoms with Crippen LogP contribution in [-0.4, -0.2) is 21.8 Å². The van der Waals surface area contributed by atoms with Crippen LogP contribution in [-0.2, 0) is 6.54 Å². The van der Waals surface area contributed by atoms with Gasteiger partial charge in [0.2, 0.25) is 0 Å². The Morgan fingerprint density at radius 3 is 2.64 bits per heavy atom. The van der Waals surface area contributed by atoms with Gasteiger partial charge in [0.1, 0.15) is 5.75 Å². The molecule has 0 saturated heterocycles. The number of carbonyl (C=O) groups excluding carboxylic acids is 1. The summed E-state index contributed by atoms with van der Waals surface area (Å²) in [7, 11) is 0. The Balaban J connectivity index is 1.59. The van der Waals surface area contributed by atoms with Crippen molar-refractivity contribution < 1.29 is 9.90 Å². The summed E-state index contributed by atoms with van der Waals surface area (Å²) in [5.41, 5.74) is 4.49. The molecule has 0 spiro atoms. The number of hydrogen-bond acceptors (Lipinski definition) is 3. The van der Waals surface area contributed by atoms with Crippen molar-refractivity contribution in [1.29, 1.82) is 0 Å². The summed E-state index contributed by atoms with van der Waals surface area (Å²) >= 11 is 0. The van der Waals surface area contributed by atoms with Gasteiger partial charge in [-0.15, -0.1) is 6.42 Å². The van der Waals surface area contributed by atoms with Crippen LogP contribution in [0.3, 0.4) is 0 Å². The van der Waals surface area contributed by atoms with Crippen molar-refractivity contribution in [2.24, 2.45) is 5.10 Å². The summed E-state index contributed by atoms with van der Waals surface area (Å²) in [5, 5.41) is 16.9. The second-order valence-corrected chi connectivity index (χ2v) is 6.35. The summed E-state index contributed by atoms with van der Waals surface area (Å²) in [6.45, 7) is 0.450. The number of nitrogens with one attached hydrogen (secondary N) is 1. The van der Waals surface area contributed by atoms with Crippen molar-refractivity contribution in [2.75, 3.05) is 0 Å². The lowest BCUT2D eigenvalue weighted by Gasteiger charge is -2.05. The average molecular weight is 367 g/mol. The zero-order valence-corrected chi connectivity index (χ0v) is 15.0. The van der Waals surface area contributed by atoms with Gasteiger partial charge in [0, 0.05) is 22.7 Å². The van der Waals surface area contributed by atoms with Crippen molar-refractivity contribution in [3.05, 3.63) is 78.0 Å². The van der Waals surface area contributed by atoms with Gasteiger partial charge < -0.3 is 9.67 Å². The molecule has 28 heavy (non-hydrogen) atoms. The zero-order chi connectivity index (χ0) is 19.5. The first-order valence-electron chi connectivity index (χ1n) is 8.74. The molecule has 4 aromatic rings. The van der Waals surface area contributed by atoms with E-state index in [4.69, 9.17) is 6.42 Å². The molecule has 136 valence electrons. The summed E-state index contributed by atoms with van der Waals surface area (Å²) in [6, 6.07) is 18.6. The molecule has 1 aromatic heterocycles. The minimum Gasteiger partial charge on any atom is -0.507 e. The zero-order valence-electron chi connectivity index (χ0n) is 15.0. The molecule has 0 radical (unpaired) electrons. The SMILES string of the molecule is C#CCn1cc(C=NNC(=O)c2cc3ccccc3cc2O)c2ccccc21. The molecule has 4 rings (SSSR count). The van der Waals surface area contributed by atoms with Crippen LogP contribution in [0.25, 0.3) is 21.7 Å². The summed E-state index contributed by atoms with van der Waals surface area (Å²) in [4.78, 5) is 12.5. The molecule has 1 amide bonds. The van der Waals surface area contributed by atoms with E-state index in [0.717, 1.165) is 27.2 Å². The summed E-state index contributed by atoms with van der Waals surface area (Å²) in [5.74, 6) is 2.06. The first-order chi connectivity index (χ1) is 13.7. The summed E-state index contributed by atoms with van der Waals surface area (Å²) in [6.07, 6.45) is 8.90. The monoisotopic (exact) mass is 367 g/mol. The Morgan fingerprint density at radius 2 is 1.86 bits per heavy atom. The van der Waals surface area contributed by atoms with Crippen LogP contribution >= 0.6 is 0 Å². The molecule has 0 bridgehead atoms. The molecular weight excluding hydrogens is 350 g/mol. The van der Waals surface area contributed by atoms with Crippen molar-refractivity contribution in [3.8, 4) is 18.1 Å². The second kappa shape index (κ2) is 7.29. The van der Waals surface area contributed by atoms with Crippen LogP contribution in [0.4, 0.5) is 0 Å². The fourth-order valence-electron chi connectivity index (χ4n) is 3.24. The number of fused-ring (bicyclic) bond motifs is 2. The third-order valence-electron chi connectivity index (χ3n) is 4.56. The van der Waals surface area contributed by atoms with E-state index < -0.39 is 5.91 Å². The van der Waals surface area contributed by atoms with Crippen molar-refractivity contribution in [2.45, 2.75) is 6.54 Å². The highest BCUT2D eigenvalue weighted by Crippen LogP contribution is 2.25. The molecule has 5 heteroatoms. The normalized spacial score (nSPS) is 11.1. The third kappa shape index (κ3) is 3.19. The number of aromatic nitrogens is 1. The van der Waals surface area contributed by atoms with Gasteiger partial charge in [-0.1, -0.05) is 48.4 Å². The molecule has 0 atom stereocenters. The quantitative estimate of drug-likeness (QED) is 0.326. The van der Waals surface area contributed by atoms with E-state index in [0.29, 0.717) is 6.54 Å². The molecule has 5 nitrogen and oxygen atoms in total. The van der Waals surface area contributed by atoms with E-state index in [1.165, 1.54) is 0 Å². The van der Waals surface area contributed by atoms with Gasteiger partial charge in [0.15, 0.2) is 0 Å². The topological polar surface area (TPSA) is 66.6 Å². The maximum Gasteiger partial charge on any atom is 0.275 e. The van der Waals surface area contributed by atoms with Crippen molar-refractivity contribution >= 4 is 33.8 Å². The highest BCUT2D eigenvalue weighted by Gasteiger charge is 2.12. The number of terminal acetylenes is 1. The van der Waals surface area contributed by atoms with Gasteiger partial charge in [0.25, 0.3) is 5.91 Å². The number of carbonyl (C=O) groups is 1. The lowest BCUT2D eigenvalue weighted by molar-refractivity contribution is 0.0952. The van der Waals surface area contributed by atoms with Crippen LogP contribution in [0.5, 0.6) is 5.75 Å². The maximum atomic E-state index is 12.5. The van der Waals surface area contributed by atoms with Crippen molar-refractivity contribution in [1.82, 2.24) is 9.99 Å². The predicted molar refractivity (Wildman–Crippen MR) is 111 cm³/mol. The van der Waals surface area contributed by atoms with E-state index in [9.17, 15) is 9.90 Å². The number of hydrazone groups is 1. The average Bonchev–Trinajstić information content (AvgIpc) is 3.05. The van der Waals surface area contributed by atoms with E-state index in [2.05, 4.69) is 16.4 Å². The minimum atomic E-state index is -0.480. The number of phenolic OH excluding ortho intramolecular Hbond substituents is 1. The minimum absolute atomic E-state index is 0.0861. The van der Waals surface area contributed by atoms with Gasteiger partial charge in [0.05, 0.1) is 18.3 Å². The largest absolute Gasteiger partial charge is 0.507 e. The van der Waals surface area contributed by atoms with E-state index in [1.807, 2.05) is 59.3 Å². The van der Waals surface area contributed by atoms with E-state index in [1.54, 1.807) is 18.3 Å². The molecule has 0 aliphatic rings. The van der Waals surface area contributed by atoms with Crippen molar-refractivity contribution in [3.63, 3.8) is 0 Å². The van der Waals surface area contributed by atoms with Gasteiger partial charge in [-0.05, 0) is 29.0 Å². The summed E-state index contributed by atoms with van der Waals surface area (Å²) < 4.78 is 1.95. The molecular formula is C23H17N3O2. The van der Waals surface area contributed by atoms with Crippen LogP contribution in [0, 0.1) is 12.3 Å². The highest BCUT2D eigenvalue weighted by atomic mass is 16.3. The van der Waals surface area contributed by atoms with E-state index >= 15 is 0 Å². The Bertz CT molecular complexity index is 1260. The van der Waals surface area contributed by atoms with Gasteiger partial charge in [-0.2, -0.15) is 5.10 Å². The lowest BCUT2D eigenvalue weighted by atomic mass is 10.1. The fraction of sp³-hybridized carbons (Fsp3) is 0.0435. The molecule has 0 aliphatic carbocycles. The number of amides is 1. The maximum absolute atomic E-state index is 12.5. The van der Waals surface area contributed by atoms with Gasteiger partial charge >= 0.3 is 0 Å².